The molecule has 0 saturated heterocycles. The van der Waals surface area contributed by atoms with Crippen LogP contribution >= 0.6 is 15.9 Å². The standard InChI is InChI=1S/C7H6BBrO3/c9-7-5(10)2-1-4-3-12-8(11)6(4)7/h1-2,10-11H,3H2. The predicted octanol–water partition coefficient (Wildman–Crippen LogP) is 0.372. The lowest BCUT2D eigenvalue weighted by Crippen LogP contribution is -2.29. The zero-order valence-electron chi connectivity index (χ0n) is 6.12. The second kappa shape index (κ2) is 2.76. The molecule has 1 aliphatic heterocycles. The lowest BCUT2D eigenvalue weighted by atomic mass is 9.79. The van der Waals surface area contributed by atoms with Crippen LogP contribution < -0.4 is 5.46 Å². The van der Waals surface area contributed by atoms with Crippen LogP contribution in [0.1, 0.15) is 5.56 Å². The molecule has 0 saturated carbocycles. The summed E-state index contributed by atoms with van der Waals surface area (Å²) in [4.78, 5) is 0. The number of hydrogen-bond acceptors (Lipinski definition) is 3. The minimum absolute atomic E-state index is 0.123. The number of aromatic hydroxyl groups is 1. The maximum atomic E-state index is 9.32. The average Bonchev–Trinajstić information content (AvgIpc) is 2.41. The molecule has 1 aliphatic rings. The fourth-order valence-electron chi connectivity index (χ4n) is 1.27. The van der Waals surface area contributed by atoms with Crippen LogP contribution in [0.3, 0.4) is 0 Å². The first kappa shape index (κ1) is 8.10. The largest absolute Gasteiger partial charge is 0.507 e. The summed E-state index contributed by atoms with van der Waals surface area (Å²) in [5.74, 6) is 0.123. The highest BCUT2D eigenvalue weighted by atomic mass is 79.9. The topological polar surface area (TPSA) is 49.7 Å². The van der Waals surface area contributed by atoms with Crippen molar-refractivity contribution >= 4 is 28.5 Å². The van der Waals surface area contributed by atoms with Crippen molar-refractivity contribution < 1.29 is 14.8 Å². The Hall–Kier alpha value is -0.515. The molecule has 0 atom stereocenters. The summed E-state index contributed by atoms with van der Waals surface area (Å²) < 4.78 is 5.49. The van der Waals surface area contributed by atoms with Gasteiger partial charge < -0.3 is 14.8 Å². The van der Waals surface area contributed by atoms with Gasteiger partial charge in [-0.3, -0.25) is 0 Å². The van der Waals surface area contributed by atoms with Crippen LogP contribution in [0.25, 0.3) is 0 Å². The summed E-state index contributed by atoms with van der Waals surface area (Å²) in [6, 6.07) is 3.32. The van der Waals surface area contributed by atoms with E-state index < -0.39 is 7.12 Å². The van der Waals surface area contributed by atoms with E-state index in [2.05, 4.69) is 15.9 Å². The van der Waals surface area contributed by atoms with Gasteiger partial charge in [-0.05, 0) is 27.6 Å². The second-order valence-corrected chi connectivity index (χ2v) is 3.43. The van der Waals surface area contributed by atoms with Crippen molar-refractivity contribution in [2.45, 2.75) is 6.61 Å². The maximum Gasteiger partial charge on any atom is 0.493 e. The smallest absolute Gasteiger partial charge is 0.493 e. The first-order valence-electron chi connectivity index (χ1n) is 3.50. The fourth-order valence-corrected chi connectivity index (χ4v) is 1.85. The Morgan fingerprint density at radius 3 is 3.00 bits per heavy atom. The first-order valence-corrected chi connectivity index (χ1v) is 4.29. The van der Waals surface area contributed by atoms with E-state index in [1.54, 1.807) is 12.1 Å². The van der Waals surface area contributed by atoms with Crippen LogP contribution in [0.15, 0.2) is 16.6 Å². The van der Waals surface area contributed by atoms with Gasteiger partial charge in [0.05, 0.1) is 11.1 Å². The highest BCUT2D eigenvalue weighted by molar-refractivity contribution is 9.10. The summed E-state index contributed by atoms with van der Waals surface area (Å²) in [6.07, 6.45) is 0. The molecule has 0 radical (unpaired) electrons. The van der Waals surface area contributed by atoms with Crippen LogP contribution in [0.4, 0.5) is 0 Å². The molecule has 0 bridgehead atoms. The van der Waals surface area contributed by atoms with Gasteiger partial charge in [0.2, 0.25) is 0 Å². The van der Waals surface area contributed by atoms with Crippen molar-refractivity contribution in [2.24, 2.45) is 0 Å². The molecular formula is C7H6BBrO3. The third-order valence-electron chi connectivity index (χ3n) is 1.89. The van der Waals surface area contributed by atoms with Crippen molar-refractivity contribution in [3.05, 3.63) is 22.2 Å². The molecule has 5 heteroatoms. The van der Waals surface area contributed by atoms with Crippen molar-refractivity contribution in [2.75, 3.05) is 0 Å². The van der Waals surface area contributed by atoms with E-state index in [-0.39, 0.29) is 5.75 Å². The van der Waals surface area contributed by atoms with Gasteiger partial charge in [-0.2, -0.15) is 0 Å². The highest BCUT2D eigenvalue weighted by Gasteiger charge is 2.30. The number of rotatable bonds is 0. The summed E-state index contributed by atoms with van der Waals surface area (Å²) in [7, 11) is -0.915. The van der Waals surface area contributed by atoms with E-state index in [0.29, 0.717) is 16.5 Å². The summed E-state index contributed by atoms with van der Waals surface area (Å²) in [5.41, 5.74) is 1.54. The van der Waals surface area contributed by atoms with Gasteiger partial charge in [-0.15, -0.1) is 0 Å². The molecule has 0 fully saturated rings. The lowest BCUT2D eigenvalue weighted by Gasteiger charge is -2.03. The van der Waals surface area contributed by atoms with Crippen LogP contribution in [0, 0.1) is 0 Å². The molecule has 1 aromatic carbocycles. The average molecular weight is 229 g/mol. The minimum Gasteiger partial charge on any atom is -0.507 e. The van der Waals surface area contributed by atoms with Gasteiger partial charge >= 0.3 is 7.12 Å². The Bertz CT molecular complexity index is 329. The number of phenolic OH excluding ortho intramolecular Hbond substituents is 1. The molecule has 0 amide bonds. The van der Waals surface area contributed by atoms with Crippen LogP contribution in [0.2, 0.25) is 0 Å². The molecule has 3 nitrogen and oxygen atoms in total. The number of hydrogen-bond donors (Lipinski definition) is 2. The van der Waals surface area contributed by atoms with E-state index >= 15 is 0 Å². The van der Waals surface area contributed by atoms with Crippen LogP contribution in [-0.4, -0.2) is 17.2 Å². The van der Waals surface area contributed by atoms with E-state index in [1.807, 2.05) is 0 Å². The summed E-state index contributed by atoms with van der Waals surface area (Å²) >= 11 is 3.18. The molecule has 0 aromatic heterocycles. The molecular weight excluding hydrogens is 223 g/mol. The Kier molecular flexibility index (Phi) is 1.86. The third-order valence-corrected chi connectivity index (χ3v) is 2.73. The van der Waals surface area contributed by atoms with E-state index in [1.165, 1.54) is 0 Å². The Morgan fingerprint density at radius 1 is 1.50 bits per heavy atom. The number of benzene rings is 1. The Balaban J connectivity index is 2.63. The number of phenols is 1. The molecule has 2 rings (SSSR count). The molecule has 12 heavy (non-hydrogen) atoms. The number of halogens is 1. The minimum atomic E-state index is -0.915. The van der Waals surface area contributed by atoms with E-state index in [0.717, 1.165) is 5.56 Å². The van der Waals surface area contributed by atoms with Gasteiger partial charge in [-0.25, -0.2) is 0 Å². The quantitative estimate of drug-likeness (QED) is 0.632. The molecule has 0 unspecified atom stereocenters. The Morgan fingerprint density at radius 2 is 2.25 bits per heavy atom. The van der Waals surface area contributed by atoms with Crippen molar-refractivity contribution in [1.29, 1.82) is 0 Å². The van der Waals surface area contributed by atoms with Crippen molar-refractivity contribution in [1.82, 2.24) is 0 Å². The van der Waals surface area contributed by atoms with Gasteiger partial charge in [0.15, 0.2) is 0 Å². The van der Waals surface area contributed by atoms with Gasteiger partial charge in [0.25, 0.3) is 0 Å². The molecule has 1 aromatic rings. The second-order valence-electron chi connectivity index (χ2n) is 2.63. The van der Waals surface area contributed by atoms with Crippen molar-refractivity contribution in [3.8, 4) is 5.75 Å². The van der Waals surface area contributed by atoms with Crippen LogP contribution in [0.5, 0.6) is 5.75 Å². The van der Waals surface area contributed by atoms with Crippen LogP contribution in [-0.2, 0) is 11.3 Å². The predicted molar refractivity (Wildman–Crippen MR) is 48.2 cm³/mol. The summed E-state index contributed by atoms with van der Waals surface area (Å²) in [6.45, 7) is 0.398. The number of fused-ring (bicyclic) bond motifs is 1. The van der Waals surface area contributed by atoms with Gasteiger partial charge in [-0.1, -0.05) is 6.07 Å². The SMILES string of the molecule is OB1OCc2ccc(O)c(Br)c21. The van der Waals surface area contributed by atoms with Gasteiger partial charge in [0.1, 0.15) is 5.75 Å². The zero-order valence-corrected chi connectivity index (χ0v) is 7.71. The lowest BCUT2D eigenvalue weighted by molar-refractivity contribution is 0.275. The molecule has 1 heterocycles. The highest BCUT2D eigenvalue weighted by Crippen LogP contribution is 2.25. The first-order chi connectivity index (χ1) is 5.70. The van der Waals surface area contributed by atoms with E-state index in [9.17, 15) is 10.1 Å². The van der Waals surface area contributed by atoms with Gasteiger partial charge in [0, 0.05) is 5.46 Å². The Labute approximate surface area is 78.3 Å². The molecule has 2 N–H and O–H groups in total. The fraction of sp³-hybridized carbons (Fsp3) is 0.143. The summed E-state index contributed by atoms with van der Waals surface area (Å²) in [5, 5.41) is 18.6. The zero-order chi connectivity index (χ0) is 8.72. The monoisotopic (exact) mass is 228 g/mol. The van der Waals surface area contributed by atoms with E-state index in [4.69, 9.17) is 4.65 Å². The molecule has 62 valence electrons. The third kappa shape index (κ3) is 1.05. The molecule has 0 aliphatic carbocycles. The van der Waals surface area contributed by atoms with Crippen molar-refractivity contribution in [3.63, 3.8) is 0 Å². The maximum absolute atomic E-state index is 9.32. The molecule has 0 spiro atoms. The normalized spacial score (nSPS) is 15.0.